The van der Waals surface area contributed by atoms with Crippen molar-refractivity contribution in [2.45, 2.75) is 88.4 Å². The Morgan fingerprint density at radius 1 is 0.547 bits per heavy atom. The fraction of sp³-hybridized carbons (Fsp3) is 0.348. The Hall–Kier alpha value is -3.74. The molecule has 4 nitrogen and oxygen atoms in total. The maximum atomic E-state index is 8.28. The van der Waals surface area contributed by atoms with Gasteiger partial charge in [-0.1, -0.05) is 111 Å². The molecule has 4 aromatic carbocycles. The Balaban J connectivity index is 0.000000205. The molecule has 0 amide bonds. The molecule has 0 aliphatic heterocycles. The maximum Gasteiger partial charge on any atom is 0.451 e. The number of rotatable bonds is 8. The number of hydrogen-bond acceptors (Lipinski definition) is 4. The predicted octanol–water partition coefficient (Wildman–Crippen LogP) is 12.9. The van der Waals surface area contributed by atoms with E-state index in [9.17, 15) is 0 Å². The highest BCUT2D eigenvalue weighted by atomic mass is 35.5. The van der Waals surface area contributed by atoms with Gasteiger partial charge in [0.05, 0.1) is 27.4 Å². The third-order valence-corrected chi connectivity index (χ3v) is 9.19. The summed E-state index contributed by atoms with van der Waals surface area (Å²) in [6.07, 6.45) is 2.68. The van der Waals surface area contributed by atoms with Gasteiger partial charge in [0.25, 0.3) is 0 Å². The minimum absolute atomic E-state index is 0.375. The number of hydrogen-bond donors (Lipinski definition) is 2. The quantitative estimate of drug-likeness (QED) is 0.152. The number of aromatic nitrogens is 2. The summed E-state index contributed by atoms with van der Waals surface area (Å²) in [5.41, 5.74) is 14.2. The van der Waals surface area contributed by atoms with Crippen molar-refractivity contribution in [1.82, 2.24) is 9.97 Å². The van der Waals surface area contributed by atoms with Crippen molar-refractivity contribution in [3.63, 3.8) is 0 Å². The van der Waals surface area contributed by atoms with Gasteiger partial charge in [0.1, 0.15) is 0 Å². The van der Waals surface area contributed by atoms with Crippen LogP contribution in [0.25, 0.3) is 44.3 Å². The van der Waals surface area contributed by atoms with Crippen molar-refractivity contribution in [2.75, 3.05) is 0 Å². The monoisotopic (exact) mass is 748 g/mol. The summed E-state index contributed by atoms with van der Waals surface area (Å²) in [5.74, 6) is 1.67. The van der Waals surface area contributed by atoms with E-state index >= 15 is 0 Å². The third-order valence-electron chi connectivity index (χ3n) is 8.66. The van der Waals surface area contributed by atoms with Gasteiger partial charge in [-0.3, -0.25) is 0 Å². The summed E-state index contributed by atoms with van der Waals surface area (Å²) in [7, 11) is -1.13. The molecule has 6 aromatic rings. The van der Waals surface area contributed by atoms with Crippen LogP contribution in [0.5, 0.6) is 0 Å². The van der Waals surface area contributed by atoms with Crippen LogP contribution in [-0.2, 0) is 12.8 Å². The van der Waals surface area contributed by atoms with Crippen molar-refractivity contribution in [3.05, 3.63) is 128 Å². The summed E-state index contributed by atoms with van der Waals surface area (Å²) >= 11 is 12.2. The van der Waals surface area contributed by atoms with Crippen molar-refractivity contribution in [1.29, 1.82) is 0 Å². The molecule has 0 aliphatic carbocycles. The molecule has 0 spiro atoms. The standard InChI is InChI=1S/C25H31N.C17H13Cl2N.C4H11BO2/c1-16(2)9-20-14-21(10-17(3)4)23-7-8-24(26-25(23)15-20)22-12-18(5)11-19(6)13-22;1-10-5-11(2)7-12(6-10)16-4-3-14-15(19)8-13(18)9-17(14)20-16;1-4(2)3-5(6)7/h7-8,11-17H,9-10H2,1-6H3;3-9H,1-2H3;4,6-7H,3H2,1-2H3. The van der Waals surface area contributed by atoms with Gasteiger partial charge < -0.3 is 10.0 Å². The zero-order chi connectivity index (χ0) is 39.0. The van der Waals surface area contributed by atoms with E-state index in [1.807, 2.05) is 32.0 Å². The molecule has 6 rings (SSSR count). The summed E-state index contributed by atoms with van der Waals surface area (Å²) < 4.78 is 0. The van der Waals surface area contributed by atoms with Crippen molar-refractivity contribution in [2.24, 2.45) is 17.8 Å². The van der Waals surface area contributed by atoms with Gasteiger partial charge in [0.2, 0.25) is 0 Å². The van der Waals surface area contributed by atoms with Crippen LogP contribution in [0.4, 0.5) is 0 Å². The topological polar surface area (TPSA) is 66.2 Å². The van der Waals surface area contributed by atoms with Gasteiger partial charge in [0, 0.05) is 26.9 Å². The van der Waals surface area contributed by atoms with Crippen molar-refractivity contribution < 1.29 is 10.0 Å². The lowest BCUT2D eigenvalue weighted by atomic mass is 9.80. The van der Waals surface area contributed by atoms with E-state index in [0.29, 0.717) is 34.1 Å². The van der Waals surface area contributed by atoms with Gasteiger partial charge in [-0.25, -0.2) is 9.97 Å². The molecule has 53 heavy (non-hydrogen) atoms. The van der Waals surface area contributed by atoms with Gasteiger partial charge in [-0.05, 0) is 136 Å². The molecule has 2 heterocycles. The fourth-order valence-corrected chi connectivity index (χ4v) is 7.27. The second-order valence-corrected chi connectivity index (χ2v) is 16.6. The van der Waals surface area contributed by atoms with Crippen LogP contribution in [-0.4, -0.2) is 27.1 Å². The number of nitrogens with zero attached hydrogens (tertiary/aromatic N) is 2. The molecule has 0 aliphatic rings. The molecule has 0 unspecified atom stereocenters. The second-order valence-electron chi connectivity index (χ2n) is 15.7. The van der Waals surface area contributed by atoms with E-state index in [-0.39, 0.29) is 0 Å². The Morgan fingerprint density at radius 3 is 1.45 bits per heavy atom. The van der Waals surface area contributed by atoms with Gasteiger partial charge >= 0.3 is 7.12 Å². The number of aryl methyl sites for hydroxylation is 4. The summed E-state index contributed by atoms with van der Waals surface area (Å²) in [5, 5.41) is 20.0. The Bertz CT molecular complexity index is 2110. The van der Waals surface area contributed by atoms with E-state index in [1.54, 1.807) is 6.07 Å². The van der Waals surface area contributed by atoms with Crippen LogP contribution in [0.1, 0.15) is 74.9 Å². The molecule has 0 fully saturated rings. The minimum atomic E-state index is -1.13. The number of benzene rings is 4. The Kier molecular flexibility index (Phi) is 15.1. The lowest BCUT2D eigenvalue weighted by Crippen LogP contribution is -2.12. The Morgan fingerprint density at radius 2 is 1.02 bits per heavy atom. The SMILES string of the molecule is CC(C)CB(O)O.Cc1cc(C)cc(-c2ccc3c(CC(C)C)cc(CC(C)C)cc3n2)c1.Cc1cc(C)cc(-c2ccc3c(Cl)cc(Cl)cc3n2)c1. The molecule has 2 N–H and O–H groups in total. The first-order valence-corrected chi connectivity index (χ1v) is 19.4. The van der Waals surface area contributed by atoms with E-state index in [1.165, 1.54) is 44.3 Å². The normalized spacial score (nSPS) is 11.2. The van der Waals surface area contributed by atoms with Gasteiger partial charge in [0.15, 0.2) is 0 Å². The van der Waals surface area contributed by atoms with E-state index < -0.39 is 7.12 Å². The first-order chi connectivity index (χ1) is 25.0. The molecular formula is C46H55BCl2N2O2. The molecule has 2 aromatic heterocycles. The third kappa shape index (κ3) is 12.7. The lowest BCUT2D eigenvalue weighted by molar-refractivity contribution is 0.394. The number of fused-ring (bicyclic) bond motifs is 2. The minimum Gasteiger partial charge on any atom is -0.427 e. The summed E-state index contributed by atoms with van der Waals surface area (Å²) in [6.45, 7) is 21.5. The average molecular weight is 750 g/mol. The smallest absolute Gasteiger partial charge is 0.427 e. The number of halogens is 2. The summed E-state index contributed by atoms with van der Waals surface area (Å²) in [6, 6.07) is 29.8. The van der Waals surface area contributed by atoms with E-state index in [4.69, 9.17) is 38.2 Å². The van der Waals surface area contributed by atoms with E-state index in [2.05, 4.69) is 121 Å². The molecule has 0 saturated heterocycles. The zero-order valence-electron chi connectivity index (χ0n) is 33.1. The highest BCUT2D eigenvalue weighted by molar-refractivity contribution is 6.41. The molecule has 0 atom stereocenters. The van der Waals surface area contributed by atoms with Crippen LogP contribution >= 0.6 is 23.2 Å². The van der Waals surface area contributed by atoms with Crippen LogP contribution < -0.4 is 0 Å². The maximum absolute atomic E-state index is 8.28. The average Bonchev–Trinajstić information content (AvgIpc) is 3.02. The molecule has 7 heteroatoms. The molecule has 278 valence electrons. The van der Waals surface area contributed by atoms with Crippen molar-refractivity contribution in [3.8, 4) is 22.5 Å². The Labute approximate surface area is 327 Å². The highest BCUT2D eigenvalue weighted by Gasteiger charge is 2.12. The van der Waals surface area contributed by atoms with Crippen LogP contribution in [0.15, 0.2) is 84.9 Å². The zero-order valence-corrected chi connectivity index (χ0v) is 34.6. The molecule has 0 saturated carbocycles. The highest BCUT2D eigenvalue weighted by Crippen LogP contribution is 2.31. The second kappa shape index (κ2) is 19.0. The molecule has 0 bridgehead atoms. The van der Waals surface area contributed by atoms with Crippen molar-refractivity contribution >= 4 is 52.1 Å². The summed E-state index contributed by atoms with van der Waals surface area (Å²) in [4.78, 5) is 9.74. The lowest BCUT2D eigenvalue weighted by Gasteiger charge is -2.14. The number of pyridine rings is 2. The predicted molar refractivity (Wildman–Crippen MR) is 230 cm³/mol. The van der Waals surface area contributed by atoms with Gasteiger partial charge in [-0.15, -0.1) is 0 Å². The van der Waals surface area contributed by atoms with Crippen LogP contribution in [0, 0.1) is 45.4 Å². The van der Waals surface area contributed by atoms with Crippen LogP contribution in [0.2, 0.25) is 16.4 Å². The fourth-order valence-electron chi connectivity index (χ4n) is 6.72. The van der Waals surface area contributed by atoms with E-state index in [0.717, 1.165) is 46.2 Å². The van der Waals surface area contributed by atoms with Crippen LogP contribution in [0.3, 0.4) is 0 Å². The first kappa shape index (κ1) is 42.0. The molecule has 0 radical (unpaired) electrons. The molecular weight excluding hydrogens is 694 g/mol. The van der Waals surface area contributed by atoms with Gasteiger partial charge in [-0.2, -0.15) is 0 Å². The largest absolute Gasteiger partial charge is 0.451 e. The first-order valence-electron chi connectivity index (χ1n) is 18.7.